The van der Waals surface area contributed by atoms with Crippen molar-refractivity contribution in [2.75, 3.05) is 39.3 Å². The zero-order valence-electron chi connectivity index (χ0n) is 18.0. The van der Waals surface area contributed by atoms with E-state index in [1.54, 1.807) is 0 Å². The summed E-state index contributed by atoms with van der Waals surface area (Å²) in [6, 6.07) is 11.0. The molecule has 2 N–H and O–H groups in total. The van der Waals surface area contributed by atoms with Crippen LogP contribution in [-0.2, 0) is 19.4 Å². The molecule has 0 aliphatic carbocycles. The summed E-state index contributed by atoms with van der Waals surface area (Å²) in [7, 11) is 0. The van der Waals surface area contributed by atoms with Crippen LogP contribution < -0.4 is 15.4 Å². The van der Waals surface area contributed by atoms with Gasteiger partial charge in [0.2, 0.25) is 0 Å². The summed E-state index contributed by atoms with van der Waals surface area (Å²) in [6.07, 6.45) is 4.52. The van der Waals surface area contributed by atoms with Gasteiger partial charge in [-0.25, -0.2) is 0 Å². The summed E-state index contributed by atoms with van der Waals surface area (Å²) in [5, 5.41) is 9.08. The van der Waals surface area contributed by atoms with Gasteiger partial charge in [0.25, 0.3) is 0 Å². The topological polar surface area (TPSA) is 48.9 Å². The Kier molecular flexibility index (Phi) is 7.65. The SMILES string of the molecule is CCNC(=NCC1CCN(Cc2cccs2)CC1)NCCc1ccc2c(c1)CCO2. The summed E-state index contributed by atoms with van der Waals surface area (Å²) in [5.41, 5.74) is 2.71. The van der Waals surface area contributed by atoms with Gasteiger partial charge in [-0.05, 0) is 73.8 Å². The van der Waals surface area contributed by atoms with Crippen LogP contribution in [0.25, 0.3) is 0 Å². The molecule has 1 aromatic heterocycles. The molecule has 0 bridgehead atoms. The van der Waals surface area contributed by atoms with Crippen molar-refractivity contribution in [3.63, 3.8) is 0 Å². The number of aliphatic imine (C=N–C) groups is 1. The van der Waals surface area contributed by atoms with Crippen LogP contribution >= 0.6 is 11.3 Å². The minimum atomic E-state index is 0.691. The Hall–Kier alpha value is -2.05. The van der Waals surface area contributed by atoms with Crippen molar-refractivity contribution in [2.45, 2.75) is 39.2 Å². The molecule has 1 saturated heterocycles. The third kappa shape index (κ3) is 5.99. The first kappa shape index (κ1) is 21.2. The first-order chi connectivity index (χ1) is 14.8. The molecular formula is C24H34N4OS. The second-order valence-electron chi connectivity index (χ2n) is 8.24. The smallest absolute Gasteiger partial charge is 0.191 e. The van der Waals surface area contributed by atoms with Crippen LogP contribution in [0.2, 0.25) is 0 Å². The molecule has 0 unspecified atom stereocenters. The van der Waals surface area contributed by atoms with Gasteiger partial charge < -0.3 is 15.4 Å². The predicted molar refractivity (Wildman–Crippen MR) is 126 cm³/mol. The van der Waals surface area contributed by atoms with Gasteiger partial charge in [-0.1, -0.05) is 18.2 Å². The fourth-order valence-corrected chi connectivity index (χ4v) is 4.98. The molecule has 2 aliphatic rings. The van der Waals surface area contributed by atoms with Crippen LogP contribution in [-0.4, -0.2) is 50.2 Å². The van der Waals surface area contributed by atoms with E-state index in [4.69, 9.17) is 9.73 Å². The molecule has 2 aromatic rings. The number of nitrogens with zero attached hydrogens (tertiary/aromatic N) is 2. The van der Waals surface area contributed by atoms with Crippen LogP contribution in [0.1, 0.15) is 35.8 Å². The zero-order valence-corrected chi connectivity index (χ0v) is 18.8. The molecule has 0 spiro atoms. The number of guanidine groups is 1. The molecular weight excluding hydrogens is 392 g/mol. The minimum Gasteiger partial charge on any atom is -0.493 e. The average molecular weight is 427 g/mol. The Labute approximate surface area is 184 Å². The number of thiophene rings is 1. The first-order valence-corrected chi connectivity index (χ1v) is 12.2. The van der Waals surface area contributed by atoms with Crippen LogP contribution in [0, 0.1) is 5.92 Å². The van der Waals surface area contributed by atoms with Gasteiger partial charge in [-0.3, -0.25) is 9.89 Å². The van der Waals surface area contributed by atoms with Crippen molar-refractivity contribution < 1.29 is 4.74 Å². The second kappa shape index (κ2) is 10.8. The summed E-state index contributed by atoms with van der Waals surface area (Å²) in [5.74, 6) is 2.70. The van der Waals surface area contributed by atoms with Crippen molar-refractivity contribution in [2.24, 2.45) is 10.9 Å². The number of likely N-dealkylation sites (tertiary alicyclic amines) is 1. The monoisotopic (exact) mass is 426 g/mol. The van der Waals surface area contributed by atoms with E-state index in [1.807, 2.05) is 11.3 Å². The first-order valence-electron chi connectivity index (χ1n) is 11.3. The van der Waals surface area contributed by atoms with E-state index in [0.29, 0.717) is 5.92 Å². The molecule has 0 amide bonds. The zero-order chi connectivity index (χ0) is 20.6. The molecule has 1 fully saturated rings. The maximum Gasteiger partial charge on any atom is 0.191 e. The summed E-state index contributed by atoms with van der Waals surface area (Å²) < 4.78 is 5.60. The number of hydrogen-bond donors (Lipinski definition) is 2. The molecule has 1 aromatic carbocycles. The van der Waals surface area contributed by atoms with Crippen molar-refractivity contribution in [1.82, 2.24) is 15.5 Å². The van der Waals surface area contributed by atoms with Crippen LogP contribution in [0.15, 0.2) is 40.7 Å². The number of fused-ring (bicyclic) bond motifs is 1. The number of benzene rings is 1. The van der Waals surface area contributed by atoms with Gasteiger partial charge in [0.15, 0.2) is 5.96 Å². The molecule has 6 heteroatoms. The Balaban J connectivity index is 1.20. The standard InChI is InChI=1S/C24H34N4OS/c1-2-25-24(26-11-7-19-5-6-23-21(16-19)10-14-29-23)27-17-20-8-12-28(13-9-20)18-22-4-3-15-30-22/h3-6,15-16,20H,2,7-14,17-18H2,1H3,(H2,25,26,27). The number of piperidine rings is 1. The van der Waals surface area contributed by atoms with E-state index >= 15 is 0 Å². The Bertz CT molecular complexity index is 813. The van der Waals surface area contributed by atoms with E-state index < -0.39 is 0 Å². The lowest BCUT2D eigenvalue weighted by Gasteiger charge is -2.31. The predicted octanol–water partition coefficient (Wildman–Crippen LogP) is 3.69. The normalized spacial score (nSPS) is 17.6. The minimum absolute atomic E-state index is 0.691. The lowest BCUT2D eigenvalue weighted by atomic mass is 9.97. The third-order valence-corrected chi connectivity index (χ3v) is 6.84. The molecule has 162 valence electrons. The maximum atomic E-state index is 5.60. The quantitative estimate of drug-likeness (QED) is 0.499. The highest BCUT2D eigenvalue weighted by Gasteiger charge is 2.19. The van der Waals surface area contributed by atoms with E-state index in [0.717, 1.165) is 57.3 Å². The molecule has 0 radical (unpaired) electrons. The highest BCUT2D eigenvalue weighted by atomic mass is 32.1. The highest BCUT2D eigenvalue weighted by Crippen LogP contribution is 2.26. The fourth-order valence-electron chi connectivity index (χ4n) is 4.23. The molecule has 5 nitrogen and oxygen atoms in total. The molecule has 30 heavy (non-hydrogen) atoms. The Morgan fingerprint density at radius 3 is 2.93 bits per heavy atom. The molecule has 3 heterocycles. The maximum absolute atomic E-state index is 5.60. The average Bonchev–Trinajstić information content (AvgIpc) is 3.44. The number of nitrogens with one attached hydrogen (secondary N) is 2. The fraction of sp³-hybridized carbons (Fsp3) is 0.542. The molecule has 2 aliphatic heterocycles. The number of rotatable bonds is 8. The van der Waals surface area contributed by atoms with Gasteiger partial charge in [-0.15, -0.1) is 11.3 Å². The Morgan fingerprint density at radius 2 is 2.13 bits per heavy atom. The van der Waals surface area contributed by atoms with Gasteiger partial charge >= 0.3 is 0 Å². The number of hydrogen-bond acceptors (Lipinski definition) is 4. The van der Waals surface area contributed by atoms with Crippen LogP contribution in [0.4, 0.5) is 0 Å². The van der Waals surface area contributed by atoms with E-state index in [1.165, 1.54) is 41.9 Å². The molecule has 4 rings (SSSR count). The Morgan fingerprint density at radius 1 is 1.23 bits per heavy atom. The van der Waals surface area contributed by atoms with Gasteiger partial charge in [-0.2, -0.15) is 0 Å². The van der Waals surface area contributed by atoms with E-state index in [9.17, 15) is 0 Å². The molecule has 0 saturated carbocycles. The van der Waals surface area contributed by atoms with Crippen LogP contribution in [0.3, 0.4) is 0 Å². The van der Waals surface area contributed by atoms with Crippen molar-refractivity contribution >= 4 is 17.3 Å². The van der Waals surface area contributed by atoms with Gasteiger partial charge in [0.1, 0.15) is 5.75 Å². The van der Waals surface area contributed by atoms with E-state index in [-0.39, 0.29) is 0 Å². The lowest BCUT2D eigenvalue weighted by Crippen LogP contribution is -2.39. The van der Waals surface area contributed by atoms with Crippen molar-refractivity contribution in [1.29, 1.82) is 0 Å². The summed E-state index contributed by atoms with van der Waals surface area (Å²) >= 11 is 1.86. The third-order valence-electron chi connectivity index (χ3n) is 5.98. The largest absolute Gasteiger partial charge is 0.493 e. The highest BCUT2D eigenvalue weighted by molar-refractivity contribution is 7.09. The summed E-state index contributed by atoms with van der Waals surface area (Å²) in [6.45, 7) is 9.12. The van der Waals surface area contributed by atoms with Crippen LogP contribution in [0.5, 0.6) is 5.75 Å². The van der Waals surface area contributed by atoms with E-state index in [2.05, 4.69) is 58.2 Å². The second-order valence-corrected chi connectivity index (χ2v) is 9.27. The number of ether oxygens (including phenoxy) is 1. The van der Waals surface area contributed by atoms with Crippen molar-refractivity contribution in [3.05, 3.63) is 51.7 Å². The van der Waals surface area contributed by atoms with Gasteiger partial charge in [0.05, 0.1) is 6.61 Å². The van der Waals surface area contributed by atoms with Gasteiger partial charge in [0, 0.05) is 37.5 Å². The lowest BCUT2D eigenvalue weighted by molar-refractivity contribution is 0.182. The molecule has 0 atom stereocenters. The summed E-state index contributed by atoms with van der Waals surface area (Å²) in [4.78, 5) is 8.94. The van der Waals surface area contributed by atoms with Crippen molar-refractivity contribution in [3.8, 4) is 5.75 Å².